The van der Waals surface area contributed by atoms with Crippen LogP contribution in [0, 0.1) is 12.8 Å². The minimum atomic E-state index is -0.625. The maximum Gasteiger partial charge on any atom is 0.328 e. The summed E-state index contributed by atoms with van der Waals surface area (Å²) in [6.45, 7) is 5.61. The molecule has 1 atom stereocenters. The van der Waals surface area contributed by atoms with Crippen LogP contribution in [0.5, 0.6) is 0 Å². The maximum atomic E-state index is 12.0. The Morgan fingerprint density at radius 2 is 2.00 bits per heavy atom. The molecular weight excluding hydrogens is 278 g/mol. The molecule has 1 aromatic carbocycles. The normalized spacial score (nSPS) is 12.1. The zero-order chi connectivity index (χ0) is 15.3. The third kappa shape index (κ3) is 4.53. The summed E-state index contributed by atoms with van der Waals surface area (Å²) in [5, 5.41) is 3.35. The van der Waals surface area contributed by atoms with E-state index in [2.05, 4.69) is 5.32 Å². The van der Waals surface area contributed by atoms with Crippen LogP contribution in [0.2, 0.25) is 5.02 Å². The van der Waals surface area contributed by atoms with Crippen LogP contribution in [-0.4, -0.2) is 25.0 Å². The van der Waals surface area contributed by atoms with Crippen molar-refractivity contribution in [3.05, 3.63) is 34.3 Å². The molecule has 1 amide bonds. The third-order valence-electron chi connectivity index (χ3n) is 3.09. The number of hydrogen-bond acceptors (Lipinski definition) is 3. The van der Waals surface area contributed by atoms with Crippen molar-refractivity contribution in [3.63, 3.8) is 0 Å². The van der Waals surface area contributed by atoms with E-state index in [4.69, 9.17) is 16.3 Å². The van der Waals surface area contributed by atoms with E-state index in [1.165, 1.54) is 7.11 Å². The number of amides is 1. The molecule has 1 rings (SSSR count). The van der Waals surface area contributed by atoms with E-state index in [1.807, 2.05) is 32.9 Å². The van der Waals surface area contributed by atoms with Gasteiger partial charge in [-0.25, -0.2) is 4.79 Å². The first kappa shape index (κ1) is 16.5. The number of carbonyl (C=O) groups excluding carboxylic acids is 2. The monoisotopic (exact) mass is 297 g/mol. The van der Waals surface area contributed by atoms with Crippen molar-refractivity contribution in [2.24, 2.45) is 5.92 Å². The predicted molar refractivity (Wildman–Crippen MR) is 78.7 cm³/mol. The van der Waals surface area contributed by atoms with Gasteiger partial charge in [0.25, 0.3) is 0 Å². The molecular formula is C15H20ClNO3. The average molecular weight is 298 g/mol. The summed E-state index contributed by atoms with van der Waals surface area (Å²) >= 11 is 5.88. The Kier molecular flexibility index (Phi) is 6.02. The molecule has 0 radical (unpaired) electrons. The predicted octanol–water partition coefficient (Wildman–Crippen LogP) is 2.50. The van der Waals surface area contributed by atoms with Crippen molar-refractivity contribution in [2.75, 3.05) is 7.11 Å². The van der Waals surface area contributed by atoms with Gasteiger partial charge >= 0.3 is 5.97 Å². The van der Waals surface area contributed by atoms with Gasteiger partial charge in [-0.15, -0.1) is 0 Å². The number of benzene rings is 1. The Bertz CT molecular complexity index is 500. The number of methoxy groups -OCH3 is 1. The molecule has 0 saturated heterocycles. The SMILES string of the molecule is COC(=O)C(NC(=O)Cc1ccc(Cl)cc1C)C(C)C. The van der Waals surface area contributed by atoms with Gasteiger partial charge in [0.15, 0.2) is 0 Å². The van der Waals surface area contributed by atoms with Crippen molar-refractivity contribution < 1.29 is 14.3 Å². The standard InChI is InChI=1S/C15H20ClNO3/c1-9(2)14(15(19)20-4)17-13(18)8-11-5-6-12(16)7-10(11)3/h5-7,9,14H,8H2,1-4H3,(H,17,18). The molecule has 4 nitrogen and oxygen atoms in total. The highest BCUT2D eigenvalue weighted by molar-refractivity contribution is 6.30. The summed E-state index contributed by atoms with van der Waals surface area (Å²) in [5.74, 6) is -0.668. The maximum absolute atomic E-state index is 12.0. The van der Waals surface area contributed by atoms with Gasteiger partial charge in [-0.05, 0) is 36.1 Å². The summed E-state index contributed by atoms with van der Waals surface area (Å²) < 4.78 is 4.69. The van der Waals surface area contributed by atoms with Crippen molar-refractivity contribution in [1.82, 2.24) is 5.32 Å². The lowest BCUT2D eigenvalue weighted by Gasteiger charge is -2.20. The van der Waals surface area contributed by atoms with Gasteiger partial charge in [-0.2, -0.15) is 0 Å². The molecule has 0 saturated carbocycles. The number of carbonyl (C=O) groups is 2. The van der Waals surface area contributed by atoms with Crippen LogP contribution in [0.4, 0.5) is 0 Å². The van der Waals surface area contributed by atoms with E-state index < -0.39 is 12.0 Å². The van der Waals surface area contributed by atoms with Crippen LogP contribution in [-0.2, 0) is 20.7 Å². The lowest BCUT2D eigenvalue weighted by Crippen LogP contribution is -2.45. The van der Waals surface area contributed by atoms with E-state index in [1.54, 1.807) is 6.07 Å². The summed E-state index contributed by atoms with van der Waals surface area (Å²) in [5.41, 5.74) is 1.84. The fraction of sp³-hybridized carbons (Fsp3) is 0.467. The topological polar surface area (TPSA) is 55.4 Å². The van der Waals surface area contributed by atoms with Gasteiger partial charge in [-0.1, -0.05) is 31.5 Å². The third-order valence-corrected chi connectivity index (χ3v) is 3.33. The van der Waals surface area contributed by atoms with Crippen molar-refractivity contribution in [2.45, 2.75) is 33.2 Å². The second-order valence-electron chi connectivity index (χ2n) is 5.06. The molecule has 1 aromatic rings. The highest BCUT2D eigenvalue weighted by Gasteiger charge is 2.24. The van der Waals surface area contributed by atoms with Crippen LogP contribution in [0.3, 0.4) is 0 Å². The number of ether oxygens (including phenoxy) is 1. The minimum Gasteiger partial charge on any atom is -0.467 e. The molecule has 0 fully saturated rings. The number of esters is 1. The van der Waals surface area contributed by atoms with Crippen LogP contribution in [0.25, 0.3) is 0 Å². The molecule has 0 heterocycles. The number of rotatable bonds is 5. The highest BCUT2D eigenvalue weighted by Crippen LogP contribution is 2.16. The summed E-state index contributed by atoms with van der Waals surface area (Å²) in [4.78, 5) is 23.6. The van der Waals surface area contributed by atoms with Crippen LogP contribution in [0.1, 0.15) is 25.0 Å². The van der Waals surface area contributed by atoms with E-state index in [-0.39, 0.29) is 18.2 Å². The summed E-state index contributed by atoms with van der Waals surface area (Å²) in [7, 11) is 1.31. The van der Waals surface area contributed by atoms with Crippen molar-refractivity contribution in [3.8, 4) is 0 Å². The number of nitrogens with one attached hydrogen (secondary N) is 1. The number of halogens is 1. The van der Waals surface area contributed by atoms with Crippen LogP contribution in [0.15, 0.2) is 18.2 Å². The average Bonchev–Trinajstić information content (AvgIpc) is 2.38. The van der Waals surface area contributed by atoms with Gasteiger partial charge in [-0.3, -0.25) is 4.79 Å². The van der Waals surface area contributed by atoms with Gasteiger partial charge in [0.2, 0.25) is 5.91 Å². The van der Waals surface area contributed by atoms with Gasteiger partial charge < -0.3 is 10.1 Å². The Hall–Kier alpha value is -1.55. The molecule has 0 aromatic heterocycles. The largest absolute Gasteiger partial charge is 0.467 e. The zero-order valence-electron chi connectivity index (χ0n) is 12.2. The fourth-order valence-electron chi connectivity index (χ4n) is 1.88. The first-order valence-electron chi connectivity index (χ1n) is 6.47. The van der Waals surface area contributed by atoms with Gasteiger partial charge in [0.1, 0.15) is 6.04 Å². The second-order valence-corrected chi connectivity index (χ2v) is 5.50. The lowest BCUT2D eigenvalue weighted by atomic mass is 10.0. The molecule has 0 spiro atoms. The van der Waals surface area contributed by atoms with E-state index in [0.29, 0.717) is 5.02 Å². The molecule has 20 heavy (non-hydrogen) atoms. The Morgan fingerprint density at radius 3 is 2.50 bits per heavy atom. The first-order chi connectivity index (χ1) is 9.35. The summed E-state index contributed by atoms with van der Waals surface area (Å²) in [6.07, 6.45) is 0.212. The highest BCUT2D eigenvalue weighted by atomic mass is 35.5. The lowest BCUT2D eigenvalue weighted by molar-refractivity contribution is -0.146. The molecule has 0 bridgehead atoms. The number of hydrogen-bond donors (Lipinski definition) is 1. The molecule has 1 unspecified atom stereocenters. The molecule has 0 aliphatic carbocycles. The van der Waals surface area contributed by atoms with Crippen molar-refractivity contribution >= 4 is 23.5 Å². The molecule has 5 heteroatoms. The van der Waals surface area contributed by atoms with Crippen molar-refractivity contribution in [1.29, 1.82) is 0 Å². The van der Waals surface area contributed by atoms with Gasteiger partial charge in [0, 0.05) is 5.02 Å². The van der Waals surface area contributed by atoms with E-state index in [0.717, 1.165) is 11.1 Å². The van der Waals surface area contributed by atoms with Gasteiger partial charge in [0.05, 0.1) is 13.5 Å². The molecule has 0 aliphatic rings. The second kappa shape index (κ2) is 7.29. The van der Waals surface area contributed by atoms with Crippen LogP contribution >= 0.6 is 11.6 Å². The Balaban J connectivity index is 2.73. The number of aryl methyl sites for hydroxylation is 1. The fourth-order valence-corrected chi connectivity index (χ4v) is 2.11. The van der Waals surface area contributed by atoms with Crippen LogP contribution < -0.4 is 5.32 Å². The van der Waals surface area contributed by atoms with E-state index >= 15 is 0 Å². The Labute approximate surface area is 124 Å². The quantitative estimate of drug-likeness (QED) is 0.850. The summed E-state index contributed by atoms with van der Waals surface area (Å²) in [6, 6.07) is 4.75. The molecule has 110 valence electrons. The smallest absolute Gasteiger partial charge is 0.328 e. The zero-order valence-corrected chi connectivity index (χ0v) is 13.0. The Morgan fingerprint density at radius 1 is 1.35 bits per heavy atom. The first-order valence-corrected chi connectivity index (χ1v) is 6.85. The molecule has 1 N–H and O–H groups in total. The minimum absolute atomic E-state index is 0.0299. The van der Waals surface area contributed by atoms with E-state index in [9.17, 15) is 9.59 Å². The molecule has 0 aliphatic heterocycles.